The normalized spacial score (nSPS) is 10.2. The lowest BCUT2D eigenvalue weighted by atomic mass is 10.1. The Morgan fingerprint density at radius 1 is 1.18 bits per heavy atom. The summed E-state index contributed by atoms with van der Waals surface area (Å²) in [6.07, 6.45) is 1.02. The van der Waals surface area contributed by atoms with Gasteiger partial charge in [0.1, 0.15) is 0 Å². The molecular formula is C14H15ClN2. The van der Waals surface area contributed by atoms with Crippen molar-refractivity contribution in [3.05, 3.63) is 53.1 Å². The van der Waals surface area contributed by atoms with E-state index in [0.29, 0.717) is 10.7 Å². The van der Waals surface area contributed by atoms with Crippen LogP contribution >= 0.6 is 11.6 Å². The lowest BCUT2D eigenvalue weighted by molar-refractivity contribution is 1.14. The van der Waals surface area contributed by atoms with Crippen molar-refractivity contribution in [1.29, 1.82) is 0 Å². The van der Waals surface area contributed by atoms with Crippen LogP contribution in [0.2, 0.25) is 5.02 Å². The van der Waals surface area contributed by atoms with Gasteiger partial charge in [-0.1, -0.05) is 30.7 Å². The van der Waals surface area contributed by atoms with Gasteiger partial charge in [-0.05, 0) is 42.3 Å². The quantitative estimate of drug-likeness (QED) is 0.796. The second-order valence-electron chi connectivity index (χ2n) is 3.92. The molecule has 2 nitrogen and oxygen atoms in total. The zero-order valence-electron chi connectivity index (χ0n) is 9.70. The topological polar surface area (TPSA) is 38.0 Å². The third-order valence-electron chi connectivity index (χ3n) is 2.61. The van der Waals surface area contributed by atoms with Gasteiger partial charge in [-0.25, -0.2) is 0 Å². The molecule has 0 atom stereocenters. The first-order valence-corrected chi connectivity index (χ1v) is 5.98. The molecule has 0 spiro atoms. The Bertz CT molecular complexity index is 523. The molecule has 2 aromatic rings. The van der Waals surface area contributed by atoms with Crippen molar-refractivity contribution in [2.75, 3.05) is 11.1 Å². The highest BCUT2D eigenvalue weighted by Gasteiger charge is 2.01. The first kappa shape index (κ1) is 11.8. The van der Waals surface area contributed by atoms with Crippen LogP contribution in [0.5, 0.6) is 0 Å². The van der Waals surface area contributed by atoms with Crippen LogP contribution in [0.25, 0.3) is 0 Å². The summed E-state index contributed by atoms with van der Waals surface area (Å²) >= 11 is 6.11. The van der Waals surface area contributed by atoms with Crippen LogP contribution in [0.3, 0.4) is 0 Å². The van der Waals surface area contributed by atoms with Crippen LogP contribution in [0.15, 0.2) is 42.5 Å². The minimum Gasteiger partial charge on any atom is -0.399 e. The average molecular weight is 247 g/mol. The molecule has 0 saturated carbocycles. The minimum atomic E-state index is 0.631. The number of anilines is 3. The molecule has 88 valence electrons. The fourth-order valence-corrected chi connectivity index (χ4v) is 1.89. The molecule has 0 aliphatic carbocycles. The molecule has 0 bridgehead atoms. The van der Waals surface area contributed by atoms with Crippen molar-refractivity contribution >= 4 is 28.7 Å². The molecular weight excluding hydrogens is 232 g/mol. The molecule has 0 aromatic heterocycles. The molecule has 0 radical (unpaired) electrons. The number of rotatable bonds is 3. The molecule has 2 aromatic carbocycles. The van der Waals surface area contributed by atoms with Crippen molar-refractivity contribution in [3.63, 3.8) is 0 Å². The van der Waals surface area contributed by atoms with Gasteiger partial charge in [0.15, 0.2) is 0 Å². The van der Waals surface area contributed by atoms with Crippen LogP contribution in [0.4, 0.5) is 17.1 Å². The van der Waals surface area contributed by atoms with E-state index in [2.05, 4.69) is 24.4 Å². The van der Waals surface area contributed by atoms with E-state index < -0.39 is 0 Å². The number of halogens is 1. The van der Waals surface area contributed by atoms with Crippen LogP contribution < -0.4 is 11.1 Å². The molecule has 0 unspecified atom stereocenters. The number of benzene rings is 2. The smallest absolute Gasteiger partial charge is 0.0661 e. The van der Waals surface area contributed by atoms with E-state index in [-0.39, 0.29) is 0 Å². The van der Waals surface area contributed by atoms with Gasteiger partial charge in [0.2, 0.25) is 0 Å². The van der Waals surface area contributed by atoms with E-state index >= 15 is 0 Å². The number of hydrogen-bond acceptors (Lipinski definition) is 2. The van der Waals surface area contributed by atoms with Crippen molar-refractivity contribution in [2.45, 2.75) is 13.3 Å². The first-order chi connectivity index (χ1) is 8.19. The lowest BCUT2D eigenvalue weighted by Crippen LogP contribution is -1.93. The number of aryl methyl sites for hydroxylation is 1. The van der Waals surface area contributed by atoms with Crippen molar-refractivity contribution < 1.29 is 0 Å². The van der Waals surface area contributed by atoms with Gasteiger partial charge in [0, 0.05) is 11.4 Å². The van der Waals surface area contributed by atoms with E-state index in [1.54, 1.807) is 6.07 Å². The van der Waals surface area contributed by atoms with Crippen LogP contribution in [-0.4, -0.2) is 0 Å². The van der Waals surface area contributed by atoms with E-state index in [4.69, 9.17) is 17.3 Å². The predicted octanol–water partition coefficient (Wildman–Crippen LogP) is 4.23. The maximum absolute atomic E-state index is 6.11. The highest BCUT2D eigenvalue weighted by Crippen LogP contribution is 2.27. The van der Waals surface area contributed by atoms with Gasteiger partial charge < -0.3 is 11.1 Å². The number of nitrogens with one attached hydrogen (secondary N) is 1. The minimum absolute atomic E-state index is 0.631. The Morgan fingerprint density at radius 2 is 2.00 bits per heavy atom. The van der Waals surface area contributed by atoms with Crippen molar-refractivity contribution in [2.24, 2.45) is 0 Å². The molecule has 3 heteroatoms. The summed E-state index contributed by atoms with van der Waals surface area (Å²) in [6.45, 7) is 2.13. The van der Waals surface area contributed by atoms with E-state index in [1.165, 1.54) is 5.56 Å². The molecule has 0 fully saturated rings. The molecule has 3 N–H and O–H groups in total. The SMILES string of the molecule is CCc1cccc(Nc2ccc(N)cc2Cl)c1. The summed E-state index contributed by atoms with van der Waals surface area (Å²) < 4.78 is 0. The van der Waals surface area contributed by atoms with Crippen LogP contribution in [0, 0.1) is 0 Å². The van der Waals surface area contributed by atoms with E-state index in [9.17, 15) is 0 Å². The lowest BCUT2D eigenvalue weighted by Gasteiger charge is -2.10. The van der Waals surface area contributed by atoms with Gasteiger partial charge in [-0.3, -0.25) is 0 Å². The van der Waals surface area contributed by atoms with Crippen LogP contribution in [-0.2, 0) is 6.42 Å². The molecule has 0 saturated heterocycles. The van der Waals surface area contributed by atoms with Gasteiger partial charge in [0.25, 0.3) is 0 Å². The van der Waals surface area contributed by atoms with E-state index in [0.717, 1.165) is 17.8 Å². The van der Waals surface area contributed by atoms with Gasteiger partial charge in [-0.15, -0.1) is 0 Å². The second kappa shape index (κ2) is 5.11. The summed E-state index contributed by atoms with van der Waals surface area (Å²) in [7, 11) is 0. The van der Waals surface area contributed by atoms with Gasteiger partial charge >= 0.3 is 0 Å². The Hall–Kier alpha value is -1.67. The molecule has 0 amide bonds. The molecule has 0 heterocycles. The number of nitrogens with two attached hydrogens (primary N) is 1. The maximum Gasteiger partial charge on any atom is 0.0661 e. The molecule has 17 heavy (non-hydrogen) atoms. The zero-order valence-corrected chi connectivity index (χ0v) is 10.5. The highest BCUT2D eigenvalue weighted by molar-refractivity contribution is 6.33. The second-order valence-corrected chi connectivity index (χ2v) is 4.33. The Labute approximate surface area is 106 Å². The monoisotopic (exact) mass is 246 g/mol. The average Bonchev–Trinajstić information content (AvgIpc) is 2.33. The third-order valence-corrected chi connectivity index (χ3v) is 2.92. The Kier molecular flexibility index (Phi) is 3.55. The third kappa shape index (κ3) is 2.92. The van der Waals surface area contributed by atoms with Crippen molar-refractivity contribution in [3.8, 4) is 0 Å². The molecule has 0 aliphatic rings. The number of nitrogen functional groups attached to an aromatic ring is 1. The summed E-state index contributed by atoms with van der Waals surface area (Å²) in [5.74, 6) is 0. The number of hydrogen-bond donors (Lipinski definition) is 2. The fourth-order valence-electron chi connectivity index (χ4n) is 1.66. The maximum atomic E-state index is 6.11. The molecule has 2 rings (SSSR count). The fraction of sp³-hybridized carbons (Fsp3) is 0.143. The zero-order chi connectivity index (χ0) is 12.3. The Morgan fingerprint density at radius 3 is 2.71 bits per heavy atom. The summed E-state index contributed by atoms with van der Waals surface area (Å²) in [6, 6.07) is 13.7. The molecule has 0 aliphatic heterocycles. The van der Waals surface area contributed by atoms with E-state index in [1.807, 2.05) is 24.3 Å². The summed E-state index contributed by atoms with van der Waals surface area (Å²) in [5, 5.41) is 3.92. The van der Waals surface area contributed by atoms with Gasteiger partial charge in [0.05, 0.1) is 10.7 Å². The summed E-state index contributed by atoms with van der Waals surface area (Å²) in [4.78, 5) is 0. The standard InChI is InChI=1S/C14H15ClN2/c1-2-10-4-3-5-12(8-10)17-14-7-6-11(16)9-13(14)15/h3-9,17H,2,16H2,1H3. The Balaban J connectivity index is 2.25. The van der Waals surface area contributed by atoms with Crippen LogP contribution in [0.1, 0.15) is 12.5 Å². The first-order valence-electron chi connectivity index (χ1n) is 5.60. The predicted molar refractivity (Wildman–Crippen MR) is 75.0 cm³/mol. The largest absolute Gasteiger partial charge is 0.399 e. The summed E-state index contributed by atoms with van der Waals surface area (Å²) in [5.41, 5.74) is 9.52. The highest BCUT2D eigenvalue weighted by atomic mass is 35.5. The van der Waals surface area contributed by atoms with Gasteiger partial charge in [-0.2, -0.15) is 0 Å². The van der Waals surface area contributed by atoms with Crippen molar-refractivity contribution in [1.82, 2.24) is 0 Å².